The van der Waals surface area contributed by atoms with Gasteiger partial charge < -0.3 is 14.6 Å². The van der Waals surface area contributed by atoms with Crippen molar-refractivity contribution in [1.82, 2.24) is 0 Å². The Bertz CT molecular complexity index is 686. The molecule has 0 aliphatic carbocycles. The first-order valence-electron chi connectivity index (χ1n) is 19.4. The molecule has 0 bridgehead atoms. The minimum Gasteiger partial charge on any atom is -0.462 e. The second-order valence-corrected chi connectivity index (χ2v) is 13.0. The fraction of sp³-hybridized carbons (Fsp3) is 0.850. The molecule has 0 aliphatic heterocycles. The van der Waals surface area contributed by atoms with Gasteiger partial charge in [-0.2, -0.15) is 0 Å². The van der Waals surface area contributed by atoms with Crippen molar-refractivity contribution in [3.63, 3.8) is 0 Å². The predicted molar refractivity (Wildman–Crippen MR) is 191 cm³/mol. The number of aliphatic hydroxyl groups excluding tert-OH is 1. The number of carbonyl (C=O) groups excluding carboxylic acids is 2. The van der Waals surface area contributed by atoms with Crippen LogP contribution < -0.4 is 0 Å². The molecule has 0 aromatic carbocycles. The van der Waals surface area contributed by atoms with Gasteiger partial charge in [-0.15, -0.1) is 0 Å². The number of hydrogen-bond donors (Lipinski definition) is 1. The maximum absolute atomic E-state index is 12.2. The van der Waals surface area contributed by atoms with Crippen LogP contribution in [0.25, 0.3) is 0 Å². The number of carbonyl (C=O) groups is 2. The highest BCUT2D eigenvalue weighted by atomic mass is 16.6. The van der Waals surface area contributed by atoms with Crippen LogP contribution >= 0.6 is 0 Å². The number of ether oxygens (including phenoxy) is 2. The normalized spacial score (nSPS) is 12.3. The number of unbranched alkanes of at least 4 members (excludes halogenated alkanes) is 23. The fourth-order valence-electron chi connectivity index (χ4n) is 5.53. The monoisotopic (exact) mass is 635 g/mol. The summed E-state index contributed by atoms with van der Waals surface area (Å²) in [5, 5.41) is 9.54. The van der Waals surface area contributed by atoms with Crippen LogP contribution in [0.1, 0.15) is 200 Å². The van der Waals surface area contributed by atoms with Crippen molar-refractivity contribution in [2.24, 2.45) is 0 Å². The third kappa shape index (κ3) is 35.1. The molecule has 1 atom stereocenters. The van der Waals surface area contributed by atoms with E-state index in [0.29, 0.717) is 12.8 Å². The Labute approximate surface area is 279 Å². The van der Waals surface area contributed by atoms with Crippen LogP contribution in [0.15, 0.2) is 24.3 Å². The third-order valence-electron chi connectivity index (χ3n) is 8.50. The molecular formula is C40H74O5. The van der Waals surface area contributed by atoms with Crippen molar-refractivity contribution in [1.29, 1.82) is 0 Å². The second kappa shape index (κ2) is 36.8. The topological polar surface area (TPSA) is 72.8 Å². The molecule has 0 heterocycles. The number of allylic oxidation sites excluding steroid dienone is 4. The quantitative estimate of drug-likeness (QED) is 0.0426. The van der Waals surface area contributed by atoms with Crippen molar-refractivity contribution in [3.05, 3.63) is 24.3 Å². The van der Waals surface area contributed by atoms with Gasteiger partial charge in [0.1, 0.15) is 6.61 Å². The predicted octanol–water partition coefficient (Wildman–Crippen LogP) is 11.9. The summed E-state index contributed by atoms with van der Waals surface area (Å²) in [7, 11) is 0. The third-order valence-corrected chi connectivity index (χ3v) is 8.50. The molecule has 0 aromatic rings. The van der Waals surface area contributed by atoms with Gasteiger partial charge >= 0.3 is 11.9 Å². The lowest BCUT2D eigenvalue weighted by atomic mass is 10.0. The molecule has 0 fully saturated rings. The molecule has 0 spiro atoms. The lowest BCUT2D eigenvalue weighted by Crippen LogP contribution is -2.28. The zero-order chi connectivity index (χ0) is 32.9. The first-order valence-corrected chi connectivity index (χ1v) is 19.4. The number of rotatable bonds is 35. The van der Waals surface area contributed by atoms with Gasteiger partial charge in [0.25, 0.3) is 0 Å². The fourth-order valence-corrected chi connectivity index (χ4v) is 5.53. The van der Waals surface area contributed by atoms with Crippen LogP contribution in [0.3, 0.4) is 0 Å². The van der Waals surface area contributed by atoms with Crippen LogP contribution in [0.5, 0.6) is 0 Å². The Morgan fingerprint density at radius 3 is 1.36 bits per heavy atom. The van der Waals surface area contributed by atoms with Crippen LogP contribution in [-0.4, -0.2) is 36.4 Å². The Hall–Kier alpha value is -1.62. The average Bonchev–Trinajstić information content (AvgIpc) is 3.04. The molecule has 5 nitrogen and oxygen atoms in total. The minimum atomic E-state index is -0.768. The SMILES string of the molecule is CCCCCC=CCC=CCCCCCCCCCCCC(=O)O[C@@H](CO)COC(=O)CCCCCCCCCCCCCC. The Morgan fingerprint density at radius 1 is 0.511 bits per heavy atom. The summed E-state index contributed by atoms with van der Waals surface area (Å²) in [5.74, 6) is -0.590. The van der Waals surface area contributed by atoms with Gasteiger partial charge in [-0.1, -0.05) is 167 Å². The van der Waals surface area contributed by atoms with Gasteiger partial charge in [0.2, 0.25) is 0 Å². The summed E-state index contributed by atoms with van der Waals surface area (Å²) in [6, 6.07) is 0. The number of aliphatic hydroxyl groups is 1. The van der Waals surface area contributed by atoms with Crippen LogP contribution in [0.4, 0.5) is 0 Å². The molecule has 0 saturated heterocycles. The molecule has 0 rings (SSSR count). The number of esters is 2. The zero-order valence-electron chi connectivity index (χ0n) is 29.9. The molecule has 5 heteroatoms. The van der Waals surface area contributed by atoms with E-state index in [-0.39, 0.29) is 25.2 Å². The summed E-state index contributed by atoms with van der Waals surface area (Å²) in [6.45, 7) is 4.11. The van der Waals surface area contributed by atoms with E-state index >= 15 is 0 Å². The van der Waals surface area contributed by atoms with E-state index in [2.05, 4.69) is 38.2 Å². The molecule has 0 unspecified atom stereocenters. The van der Waals surface area contributed by atoms with Gasteiger partial charge in [-0.25, -0.2) is 0 Å². The van der Waals surface area contributed by atoms with Crippen molar-refractivity contribution in [3.8, 4) is 0 Å². The van der Waals surface area contributed by atoms with Gasteiger partial charge in [0, 0.05) is 12.8 Å². The van der Waals surface area contributed by atoms with E-state index in [1.54, 1.807) is 0 Å². The maximum Gasteiger partial charge on any atom is 0.306 e. The van der Waals surface area contributed by atoms with Gasteiger partial charge in [0.15, 0.2) is 6.10 Å². The van der Waals surface area contributed by atoms with Crippen molar-refractivity contribution < 1.29 is 24.2 Å². The van der Waals surface area contributed by atoms with Crippen molar-refractivity contribution in [2.45, 2.75) is 206 Å². The van der Waals surface area contributed by atoms with E-state index < -0.39 is 6.10 Å². The van der Waals surface area contributed by atoms with Gasteiger partial charge in [0.05, 0.1) is 6.61 Å². The Morgan fingerprint density at radius 2 is 0.889 bits per heavy atom. The van der Waals surface area contributed by atoms with E-state index in [1.165, 1.54) is 128 Å². The zero-order valence-corrected chi connectivity index (χ0v) is 29.9. The second-order valence-electron chi connectivity index (χ2n) is 13.0. The highest BCUT2D eigenvalue weighted by Gasteiger charge is 2.16. The van der Waals surface area contributed by atoms with E-state index in [0.717, 1.165) is 44.9 Å². The van der Waals surface area contributed by atoms with Crippen LogP contribution in [-0.2, 0) is 19.1 Å². The van der Waals surface area contributed by atoms with Crippen LogP contribution in [0.2, 0.25) is 0 Å². The molecule has 0 aromatic heterocycles. The molecular weight excluding hydrogens is 560 g/mol. The van der Waals surface area contributed by atoms with Crippen molar-refractivity contribution in [2.75, 3.05) is 13.2 Å². The summed E-state index contributed by atoms with van der Waals surface area (Å²) in [5.41, 5.74) is 0. The Kier molecular flexibility index (Phi) is 35.5. The van der Waals surface area contributed by atoms with E-state index in [4.69, 9.17) is 9.47 Å². The molecule has 45 heavy (non-hydrogen) atoms. The minimum absolute atomic E-state index is 0.0633. The first kappa shape index (κ1) is 43.4. The highest BCUT2D eigenvalue weighted by Crippen LogP contribution is 2.14. The van der Waals surface area contributed by atoms with E-state index in [1.807, 2.05) is 0 Å². The molecule has 0 amide bonds. The molecule has 0 saturated carbocycles. The molecule has 0 radical (unpaired) electrons. The standard InChI is InChI=1S/C40H74O5/c1-3-5-7-9-11-13-15-17-18-19-20-21-22-23-25-27-29-31-33-35-40(43)45-38(36-41)37-44-39(42)34-32-30-28-26-24-16-14-12-10-8-6-4-2/h11,13,17-18,38,41H,3-10,12,14-16,19-37H2,1-2H3/t38-/m0/s1. The van der Waals surface area contributed by atoms with Crippen molar-refractivity contribution >= 4 is 11.9 Å². The molecule has 264 valence electrons. The first-order chi connectivity index (χ1) is 22.1. The van der Waals surface area contributed by atoms with Gasteiger partial charge in [-0.05, 0) is 44.9 Å². The number of hydrogen-bond acceptors (Lipinski definition) is 5. The largest absolute Gasteiger partial charge is 0.462 e. The van der Waals surface area contributed by atoms with Crippen LogP contribution in [0, 0.1) is 0 Å². The maximum atomic E-state index is 12.2. The summed E-state index contributed by atoms with van der Waals surface area (Å²) >= 11 is 0. The Balaban J connectivity index is 3.54. The van der Waals surface area contributed by atoms with E-state index in [9.17, 15) is 14.7 Å². The average molecular weight is 635 g/mol. The summed E-state index contributed by atoms with van der Waals surface area (Å²) in [4.78, 5) is 24.2. The summed E-state index contributed by atoms with van der Waals surface area (Å²) < 4.78 is 10.6. The highest BCUT2D eigenvalue weighted by molar-refractivity contribution is 5.70. The van der Waals surface area contributed by atoms with Gasteiger partial charge in [-0.3, -0.25) is 9.59 Å². The lowest BCUT2D eigenvalue weighted by Gasteiger charge is -2.15. The molecule has 0 aliphatic rings. The molecule has 1 N–H and O–H groups in total. The lowest BCUT2D eigenvalue weighted by molar-refractivity contribution is -0.161. The summed E-state index contributed by atoms with van der Waals surface area (Å²) in [6.07, 6.45) is 42.3. The smallest absolute Gasteiger partial charge is 0.306 e.